The Morgan fingerprint density at radius 1 is 1.22 bits per heavy atom. The third-order valence-corrected chi connectivity index (χ3v) is 2.55. The number of carbonyl (C=O) groups excluding carboxylic acids is 1. The van der Waals surface area contributed by atoms with E-state index in [0.717, 1.165) is 12.1 Å². The number of nitrogens with one attached hydrogen (secondary N) is 1. The fraction of sp³-hybridized carbons (Fsp3) is 0. The summed E-state index contributed by atoms with van der Waals surface area (Å²) in [4.78, 5) is 11.7. The van der Waals surface area contributed by atoms with Gasteiger partial charge in [0.2, 0.25) is 0 Å². The highest BCUT2D eigenvalue weighted by atomic mass is 79.9. The lowest BCUT2D eigenvalue weighted by Crippen LogP contribution is -2.14. The first-order valence-corrected chi connectivity index (χ1v) is 5.60. The Kier molecular flexibility index (Phi) is 3.61. The van der Waals surface area contributed by atoms with Gasteiger partial charge in [0.1, 0.15) is 5.69 Å². The molecule has 0 atom stereocenters. The standard InChI is InChI=1S/C11H6BrF2N3O/c12-7-3-8(13)10(9(14)4-7)17-11(18)6-1-2-15-16-5-6/h1-5H,(H,17,18). The molecule has 2 aromatic rings. The highest BCUT2D eigenvalue weighted by Gasteiger charge is 2.14. The van der Waals surface area contributed by atoms with Crippen molar-refractivity contribution in [2.24, 2.45) is 0 Å². The van der Waals surface area contributed by atoms with Gasteiger partial charge in [-0.25, -0.2) is 8.78 Å². The Morgan fingerprint density at radius 3 is 2.44 bits per heavy atom. The minimum atomic E-state index is -0.864. The molecular weight excluding hydrogens is 308 g/mol. The number of nitrogens with zero attached hydrogens (tertiary/aromatic N) is 2. The van der Waals surface area contributed by atoms with Gasteiger partial charge in [0, 0.05) is 4.47 Å². The van der Waals surface area contributed by atoms with Crippen LogP contribution >= 0.6 is 15.9 Å². The van der Waals surface area contributed by atoms with E-state index >= 15 is 0 Å². The lowest BCUT2D eigenvalue weighted by atomic mass is 10.2. The van der Waals surface area contributed by atoms with Crippen LogP contribution < -0.4 is 5.32 Å². The van der Waals surface area contributed by atoms with Gasteiger partial charge in [-0.1, -0.05) is 15.9 Å². The van der Waals surface area contributed by atoms with Crippen molar-refractivity contribution in [3.8, 4) is 0 Å². The van der Waals surface area contributed by atoms with Crippen LogP contribution in [0.4, 0.5) is 14.5 Å². The lowest BCUT2D eigenvalue weighted by molar-refractivity contribution is 0.102. The van der Waals surface area contributed by atoms with Crippen LogP contribution in [0, 0.1) is 11.6 Å². The van der Waals surface area contributed by atoms with Crippen molar-refractivity contribution in [2.45, 2.75) is 0 Å². The molecule has 92 valence electrons. The second-order valence-electron chi connectivity index (χ2n) is 3.33. The molecule has 4 nitrogen and oxygen atoms in total. The zero-order valence-electron chi connectivity index (χ0n) is 8.82. The molecule has 1 N–H and O–H groups in total. The maximum atomic E-state index is 13.5. The first-order chi connectivity index (χ1) is 8.58. The second-order valence-corrected chi connectivity index (χ2v) is 4.25. The van der Waals surface area contributed by atoms with Gasteiger partial charge < -0.3 is 5.32 Å². The number of amides is 1. The largest absolute Gasteiger partial charge is 0.317 e. The van der Waals surface area contributed by atoms with Crippen LogP contribution in [0.25, 0.3) is 0 Å². The fourth-order valence-electron chi connectivity index (χ4n) is 1.27. The molecule has 0 unspecified atom stereocenters. The summed E-state index contributed by atoms with van der Waals surface area (Å²) >= 11 is 2.95. The summed E-state index contributed by atoms with van der Waals surface area (Å²) in [6.45, 7) is 0. The summed E-state index contributed by atoms with van der Waals surface area (Å²) < 4.78 is 27.2. The van der Waals surface area contributed by atoms with Gasteiger partial charge in [-0.3, -0.25) is 4.79 Å². The third kappa shape index (κ3) is 2.67. The maximum Gasteiger partial charge on any atom is 0.257 e. The number of rotatable bonds is 2. The van der Waals surface area contributed by atoms with Crippen LogP contribution in [0.5, 0.6) is 0 Å². The number of aromatic nitrogens is 2. The Hall–Kier alpha value is -1.89. The number of halogens is 3. The zero-order chi connectivity index (χ0) is 13.1. The van der Waals surface area contributed by atoms with Crippen LogP contribution in [0.3, 0.4) is 0 Å². The van der Waals surface area contributed by atoms with Crippen LogP contribution in [0.2, 0.25) is 0 Å². The van der Waals surface area contributed by atoms with E-state index in [0.29, 0.717) is 0 Å². The van der Waals surface area contributed by atoms with Crippen LogP contribution in [-0.4, -0.2) is 16.1 Å². The summed E-state index contributed by atoms with van der Waals surface area (Å²) in [6.07, 6.45) is 2.51. The molecule has 0 bridgehead atoms. The summed E-state index contributed by atoms with van der Waals surface area (Å²) in [5.74, 6) is -2.39. The summed E-state index contributed by atoms with van der Waals surface area (Å²) in [6, 6.07) is 3.50. The molecule has 18 heavy (non-hydrogen) atoms. The highest BCUT2D eigenvalue weighted by Crippen LogP contribution is 2.24. The smallest absolute Gasteiger partial charge is 0.257 e. The average Bonchev–Trinajstić information content (AvgIpc) is 2.34. The molecule has 1 amide bonds. The first-order valence-electron chi connectivity index (χ1n) is 4.80. The number of hydrogen-bond acceptors (Lipinski definition) is 3. The Balaban J connectivity index is 2.28. The molecule has 1 aromatic heterocycles. The number of carbonyl (C=O) groups is 1. The van der Waals surface area contributed by atoms with Crippen molar-refractivity contribution in [1.29, 1.82) is 0 Å². The van der Waals surface area contributed by atoms with Crippen molar-refractivity contribution in [1.82, 2.24) is 10.2 Å². The number of anilines is 1. The normalized spacial score (nSPS) is 10.2. The van der Waals surface area contributed by atoms with Gasteiger partial charge in [-0.15, -0.1) is 0 Å². The van der Waals surface area contributed by atoms with E-state index in [9.17, 15) is 13.6 Å². The van der Waals surface area contributed by atoms with E-state index in [-0.39, 0.29) is 10.0 Å². The molecule has 0 aliphatic rings. The minimum absolute atomic E-state index is 0.159. The summed E-state index contributed by atoms with van der Waals surface area (Å²) in [5.41, 5.74) is -0.341. The molecule has 0 saturated carbocycles. The van der Waals surface area contributed by atoms with E-state index in [1.165, 1.54) is 18.5 Å². The second kappa shape index (κ2) is 5.18. The third-order valence-electron chi connectivity index (χ3n) is 2.09. The van der Waals surface area contributed by atoms with Crippen molar-refractivity contribution in [3.63, 3.8) is 0 Å². The fourth-order valence-corrected chi connectivity index (χ4v) is 1.67. The van der Waals surface area contributed by atoms with E-state index < -0.39 is 23.2 Å². The predicted molar refractivity (Wildman–Crippen MR) is 64.0 cm³/mol. The van der Waals surface area contributed by atoms with Gasteiger partial charge in [0.15, 0.2) is 11.6 Å². The molecule has 1 heterocycles. The quantitative estimate of drug-likeness (QED) is 0.927. The predicted octanol–water partition coefficient (Wildman–Crippen LogP) is 2.77. The lowest BCUT2D eigenvalue weighted by Gasteiger charge is -2.07. The van der Waals surface area contributed by atoms with Gasteiger partial charge in [-0.2, -0.15) is 10.2 Å². The Bertz CT molecular complexity index is 569. The van der Waals surface area contributed by atoms with E-state index in [4.69, 9.17) is 0 Å². The van der Waals surface area contributed by atoms with Crippen LogP contribution in [0.15, 0.2) is 35.1 Å². The van der Waals surface area contributed by atoms with E-state index in [1.807, 2.05) is 0 Å². The van der Waals surface area contributed by atoms with Crippen molar-refractivity contribution < 1.29 is 13.6 Å². The van der Waals surface area contributed by atoms with Gasteiger partial charge in [0.25, 0.3) is 5.91 Å². The molecule has 0 saturated heterocycles. The van der Waals surface area contributed by atoms with Crippen molar-refractivity contribution in [2.75, 3.05) is 5.32 Å². The maximum absolute atomic E-state index is 13.5. The number of hydrogen-bond donors (Lipinski definition) is 1. The summed E-state index contributed by atoms with van der Waals surface area (Å²) in [7, 11) is 0. The molecule has 1 aromatic carbocycles. The van der Waals surface area contributed by atoms with Gasteiger partial charge in [0.05, 0.1) is 18.0 Å². The Labute approximate surface area is 109 Å². The minimum Gasteiger partial charge on any atom is -0.317 e. The molecule has 7 heteroatoms. The van der Waals surface area contributed by atoms with Crippen LogP contribution in [-0.2, 0) is 0 Å². The van der Waals surface area contributed by atoms with Crippen molar-refractivity contribution >= 4 is 27.5 Å². The molecule has 0 aliphatic carbocycles. The SMILES string of the molecule is O=C(Nc1c(F)cc(Br)cc1F)c1ccnnc1. The van der Waals surface area contributed by atoms with Crippen molar-refractivity contribution in [3.05, 3.63) is 52.3 Å². The van der Waals surface area contributed by atoms with Gasteiger partial charge >= 0.3 is 0 Å². The highest BCUT2D eigenvalue weighted by molar-refractivity contribution is 9.10. The molecule has 0 radical (unpaired) electrons. The first kappa shape index (κ1) is 12.6. The molecule has 2 rings (SSSR count). The van der Waals surface area contributed by atoms with E-state index in [1.54, 1.807) is 0 Å². The number of benzene rings is 1. The Morgan fingerprint density at radius 2 is 1.89 bits per heavy atom. The average molecular weight is 314 g/mol. The molecular formula is C11H6BrF2N3O. The molecule has 0 spiro atoms. The van der Waals surface area contributed by atoms with Crippen LogP contribution in [0.1, 0.15) is 10.4 Å². The molecule has 0 fully saturated rings. The monoisotopic (exact) mass is 313 g/mol. The van der Waals surface area contributed by atoms with Gasteiger partial charge in [-0.05, 0) is 18.2 Å². The summed E-state index contributed by atoms with van der Waals surface area (Å²) in [5, 5.41) is 9.14. The zero-order valence-corrected chi connectivity index (χ0v) is 10.4. The van der Waals surface area contributed by atoms with E-state index in [2.05, 4.69) is 31.4 Å². The topological polar surface area (TPSA) is 54.9 Å². The molecule has 0 aliphatic heterocycles.